The third-order valence-electron chi connectivity index (χ3n) is 3.09. The average molecular weight is 291 g/mol. The standard InChI is InChI=1S/C16H15ClO3/c1-10-8-11(17)4-6-13(10)16(18)14-7-5-12(19-2)9-15(14)20-3/h4-9H,1-3H3. The van der Waals surface area contributed by atoms with Gasteiger partial charge in [-0.3, -0.25) is 4.79 Å². The van der Waals surface area contributed by atoms with Gasteiger partial charge in [0, 0.05) is 16.7 Å². The molecule has 2 aromatic rings. The lowest BCUT2D eigenvalue weighted by molar-refractivity contribution is 0.103. The molecule has 0 bridgehead atoms. The molecular weight excluding hydrogens is 276 g/mol. The molecule has 20 heavy (non-hydrogen) atoms. The highest BCUT2D eigenvalue weighted by Gasteiger charge is 2.17. The molecule has 0 fully saturated rings. The summed E-state index contributed by atoms with van der Waals surface area (Å²) in [4.78, 5) is 12.6. The average Bonchev–Trinajstić information content (AvgIpc) is 2.46. The molecule has 0 aliphatic heterocycles. The maximum absolute atomic E-state index is 12.6. The van der Waals surface area contributed by atoms with Crippen LogP contribution < -0.4 is 9.47 Å². The Morgan fingerprint density at radius 2 is 1.70 bits per heavy atom. The lowest BCUT2D eigenvalue weighted by Gasteiger charge is -2.11. The molecule has 2 rings (SSSR count). The van der Waals surface area contributed by atoms with Crippen LogP contribution in [-0.4, -0.2) is 20.0 Å². The SMILES string of the molecule is COc1ccc(C(=O)c2ccc(Cl)cc2C)c(OC)c1. The number of methoxy groups -OCH3 is 2. The second-order valence-electron chi connectivity index (χ2n) is 4.35. The highest BCUT2D eigenvalue weighted by Crippen LogP contribution is 2.28. The first kappa shape index (κ1) is 14.4. The number of hydrogen-bond acceptors (Lipinski definition) is 3. The molecule has 0 aliphatic rings. The zero-order valence-corrected chi connectivity index (χ0v) is 12.3. The van der Waals surface area contributed by atoms with Crippen molar-refractivity contribution in [2.45, 2.75) is 6.92 Å². The van der Waals surface area contributed by atoms with Crippen molar-refractivity contribution in [3.05, 3.63) is 58.1 Å². The van der Waals surface area contributed by atoms with Gasteiger partial charge in [0.15, 0.2) is 5.78 Å². The van der Waals surface area contributed by atoms with E-state index in [0.29, 0.717) is 27.6 Å². The van der Waals surface area contributed by atoms with Crippen molar-refractivity contribution in [3.63, 3.8) is 0 Å². The number of rotatable bonds is 4. The molecule has 4 heteroatoms. The van der Waals surface area contributed by atoms with Gasteiger partial charge in [0.25, 0.3) is 0 Å². The van der Waals surface area contributed by atoms with Crippen LogP contribution in [0.1, 0.15) is 21.5 Å². The predicted octanol–water partition coefficient (Wildman–Crippen LogP) is 3.90. The summed E-state index contributed by atoms with van der Waals surface area (Å²) < 4.78 is 10.4. The van der Waals surface area contributed by atoms with Crippen molar-refractivity contribution in [2.24, 2.45) is 0 Å². The fourth-order valence-electron chi connectivity index (χ4n) is 2.01. The number of ketones is 1. The highest BCUT2D eigenvalue weighted by atomic mass is 35.5. The van der Waals surface area contributed by atoms with Gasteiger partial charge in [-0.2, -0.15) is 0 Å². The van der Waals surface area contributed by atoms with Gasteiger partial charge >= 0.3 is 0 Å². The fourth-order valence-corrected chi connectivity index (χ4v) is 2.24. The molecule has 0 radical (unpaired) electrons. The van der Waals surface area contributed by atoms with Crippen molar-refractivity contribution >= 4 is 17.4 Å². The maximum Gasteiger partial charge on any atom is 0.197 e. The Balaban J connectivity index is 2.47. The minimum absolute atomic E-state index is 0.0985. The number of hydrogen-bond donors (Lipinski definition) is 0. The summed E-state index contributed by atoms with van der Waals surface area (Å²) in [5.41, 5.74) is 1.94. The molecule has 0 N–H and O–H groups in total. The van der Waals surface area contributed by atoms with Gasteiger partial charge < -0.3 is 9.47 Å². The quantitative estimate of drug-likeness (QED) is 0.801. The van der Waals surface area contributed by atoms with Gasteiger partial charge in [0.1, 0.15) is 11.5 Å². The Bertz CT molecular complexity index is 650. The van der Waals surface area contributed by atoms with E-state index >= 15 is 0 Å². The Kier molecular flexibility index (Phi) is 4.30. The molecule has 0 amide bonds. The van der Waals surface area contributed by atoms with Crippen LogP contribution >= 0.6 is 11.6 Å². The van der Waals surface area contributed by atoms with Crippen LogP contribution in [-0.2, 0) is 0 Å². The Morgan fingerprint density at radius 1 is 1.00 bits per heavy atom. The molecule has 0 saturated heterocycles. The van der Waals surface area contributed by atoms with E-state index in [2.05, 4.69) is 0 Å². The van der Waals surface area contributed by atoms with E-state index in [0.717, 1.165) is 5.56 Å². The zero-order chi connectivity index (χ0) is 14.7. The number of aryl methyl sites for hydroxylation is 1. The summed E-state index contributed by atoms with van der Waals surface area (Å²) in [7, 11) is 3.10. The summed E-state index contributed by atoms with van der Waals surface area (Å²) in [5.74, 6) is 1.04. The maximum atomic E-state index is 12.6. The smallest absolute Gasteiger partial charge is 0.197 e. The number of carbonyl (C=O) groups excluding carboxylic acids is 1. The van der Waals surface area contributed by atoms with Crippen LogP contribution in [0.15, 0.2) is 36.4 Å². The molecule has 0 spiro atoms. The summed E-state index contributed by atoms with van der Waals surface area (Å²) in [6.07, 6.45) is 0. The first-order valence-corrected chi connectivity index (χ1v) is 6.47. The lowest BCUT2D eigenvalue weighted by Crippen LogP contribution is -2.06. The predicted molar refractivity (Wildman–Crippen MR) is 79.2 cm³/mol. The van der Waals surface area contributed by atoms with Crippen LogP contribution in [0.25, 0.3) is 0 Å². The topological polar surface area (TPSA) is 35.5 Å². The van der Waals surface area contributed by atoms with Crippen LogP contribution in [0.4, 0.5) is 0 Å². The van der Waals surface area contributed by atoms with Gasteiger partial charge in [-0.25, -0.2) is 0 Å². The zero-order valence-electron chi connectivity index (χ0n) is 11.6. The van der Waals surface area contributed by atoms with Crippen LogP contribution in [0.3, 0.4) is 0 Å². The molecule has 2 aromatic carbocycles. The summed E-state index contributed by atoms with van der Waals surface area (Å²) in [6, 6.07) is 10.3. The number of benzene rings is 2. The highest BCUT2D eigenvalue weighted by molar-refractivity contribution is 6.30. The third-order valence-corrected chi connectivity index (χ3v) is 3.32. The van der Waals surface area contributed by atoms with Crippen LogP contribution in [0.5, 0.6) is 11.5 Å². The van der Waals surface area contributed by atoms with Crippen LogP contribution in [0.2, 0.25) is 5.02 Å². The first-order chi connectivity index (χ1) is 9.56. The van der Waals surface area contributed by atoms with Crippen molar-refractivity contribution in [3.8, 4) is 11.5 Å². The minimum atomic E-state index is -0.0985. The van der Waals surface area contributed by atoms with Gasteiger partial charge in [0.2, 0.25) is 0 Å². The second kappa shape index (κ2) is 5.97. The third kappa shape index (κ3) is 2.78. The molecule has 0 heterocycles. The Morgan fingerprint density at radius 3 is 2.30 bits per heavy atom. The Hall–Kier alpha value is -2.00. The molecule has 0 atom stereocenters. The molecule has 104 valence electrons. The molecule has 0 aromatic heterocycles. The summed E-state index contributed by atoms with van der Waals surface area (Å²) in [6.45, 7) is 1.86. The number of ether oxygens (including phenoxy) is 2. The van der Waals surface area contributed by atoms with E-state index in [9.17, 15) is 4.79 Å². The van der Waals surface area contributed by atoms with E-state index in [4.69, 9.17) is 21.1 Å². The normalized spacial score (nSPS) is 10.2. The minimum Gasteiger partial charge on any atom is -0.497 e. The van der Waals surface area contributed by atoms with Crippen LogP contribution in [0, 0.1) is 6.92 Å². The number of carbonyl (C=O) groups is 1. The summed E-state index contributed by atoms with van der Waals surface area (Å²) in [5, 5.41) is 0.612. The van der Waals surface area contributed by atoms with E-state index < -0.39 is 0 Å². The van der Waals surface area contributed by atoms with Gasteiger partial charge in [0.05, 0.1) is 19.8 Å². The van der Waals surface area contributed by atoms with Gasteiger partial charge in [-0.15, -0.1) is 0 Å². The molecular formula is C16H15ClO3. The molecule has 0 aliphatic carbocycles. The molecule has 0 saturated carbocycles. The van der Waals surface area contributed by atoms with E-state index in [1.807, 2.05) is 6.92 Å². The van der Waals surface area contributed by atoms with E-state index in [1.165, 1.54) is 7.11 Å². The van der Waals surface area contributed by atoms with Crippen molar-refractivity contribution < 1.29 is 14.3 Å². The van der Waals surface area contributed by atoms with Crippen molar-refractivity contribution in [2.75, 3.05) is 14.2 Å². The van der Waals surface area contributed by atoms with Gasteiger partial charge in [-0.05, 0) is 42.8 Å². The van der Waals surface area contributed by atoms with E-state index in [1.54, 1.807) is 43.5 Å². The van der Waals surface area contributed by atoms with Crippen molar-refractivity contribution in [1.82, 2.24) is 0 Å². The monoisotopic (exact) mass is 290 g/mol. The second-order valence-corrected chi connectivity index (χ2v) is 4.79. The first-order valence-electron chi connectivity index (χ1n) is 6.09. The van der Waals surface area contributed by atoms with Gasteiger partial charge in [-0.1, -0.05) is 11.6 Å². The molecule has 0 unspecified atom stereocenters. The number of halogens is 1. The molecule has 3 nitrogen and oxygen atoms in total. The lowest BCUT2D eigenvalue weighted by atomic mass is 9.98. The largest absolute Gasteiger partial charge is 0.497 e. The van der Waals surface area contributed by atoms with Crippen molar-refractivity contribution in [1.29, 1.82) is 0 Å². The van der Waals surface area contributed by atoms with E-state index in [-0.39, 0.29) is 5.78 Å². The fraction of sp³-hybridized carbons (Fsp3) is 0.188. The Labute approximate surface area is 123 Å². The summed E-state index contributed by atoms with van der Waals surface area (Å²) >= 11 is 5.91.